The first-order valence-corrected chi connectivity index (χ1v) is 9.02. The molecule has 1 rings (SSSR count). The molecule has 1 aliphatic heterocycles. The lowest BCUT2D eigenvalue weighted by Gasteiger charge is -2.39. The molecule has 136 valence electrons. The largest absolute Gasteiger partial charge is 0.359 e. The van der Waals surface area contributed by atoms with Crippen LogP contribution in [0.4, 0.5) is 0 Å². The Labute approximate surface area is 156 Å². The lowest BCUT2D eigenvalue weighted by Crippen LogP contribution is -2.58. The molecule has 0 aromatic heterocycles. The van der Waals surface area contributed by atoms with Gasteiger partial charge >= 0.3 is 0 Å². The smallest absolute Gasteiger partial charge is 0.227 e. The summed E-state index contributed by atoms with van der Waals surface area (Å²) in [5, 5.41) is 5.82. The molecule has 0 bridgehead atoms. The SMILES string of the molecule is CN=C(NCC(C)(C)C(=O)NC)N1CCS(=O)(=O)C(C)(C)C1.I. The molecule has 2 N–H and O–H groups in total. The van der Waals surface area contributed by atoms with Gasteiger partial charge in [-0.25, -0.2) is 8.42 Å². The third-order valence-corrected chi connectivity index (χ3v) is 6.62. The Bertz CT molecular complexity index is 558. The molecule has 0 unspecified atom stereocenters. The van der Waals surface area contributed by atoms with Crippen molar-refractivity contribution in [1.82, 2.24) is 15.5 Å². The van der Waals surface area contributed by atoms with Crippen LogP contribution in [0.3, 0.4) is 0 Å². The van der Waals surface area contributed by atoms with E-state index in [1.54, 1.807) is 27.9 Å². The first kappa shape index (κ1) is 22.4. The summed E-state index contributed by atoms with van der Waals surface area (Å²) in [5.74, 6) is 0.677. The molecule has 1 fully saturated rings. The summed E-state index contributed by atoms with van der Waals surface area (Å²) < 4.78 is 23.3. The van der Waals surface area contributed by atoms with Gasteiger partial charge in [0, 0.05) is 33.7 Å². The van der Waals surface area contributed by atoms with Crippen LogP contribution in [0.15, 0.2) is 4.99 Å². The number of carbonyl (C=O) groups excluding carboxylic acids is 1. The molecule has 0 atom stereocenters. The summed E-state index contributed by atoms with van der Waals surface area (Å²) in [6.45, 7) is 8.37. The van der Waals surface area contributed by atoms with Crippen molar-refractivity contribution in [3.63, 3.8) is 0 Å². The lowest BCUT2D eigenvalue weighted by molar-refractivity contribution is -0.128. The fraction of sp³-hybridized carbons (Fsp3) is 0.857. The third kappa shape index (κ3) is 5.20. The zero-order valence-electron chi connectivity index (χ0n) is 14.8. The molecule has 0 saturated carbocycles. The number of halogens is 1. The van der Waals surface area contributed by atoms with E-state index in [9.17, 15) is 13.2 Å². The second-order valence-electron chi connectivity index (χ2n) is 6.86. The predicted molar refractivity (Wildman–Crippen MR) is 104 cm³/mol. The Kier molecular flexibility index (Phi) is 7.80. The molecule has 23 heavy (non-hydrogen) atoms. The van der Waals surface area contributed by atoms with Crippen molar-refractivity contribution >= 4 is 45.7 Å². The molecule has 9 heteroatoms. The first-order chi connectivity index (χ1) is 9.97. The molecule has 7 nitrogen and oxygen atoms in total. The Morgan fingerprint density at radius 3 is 2.35 bits per heavy atom. The van der Waals surface area contributed by atoms with Crippen LogP contribution in [0.1, 0.15) is 27.7 Å². The maximum atomic E-state index is 12.1. The highest BCUT2D eigenvalue weighted by atomic mass is 127. The van der Waals surface area contributed by atoms with Gasteiger partial charge in [-0.15, -0.1) is 24.0 Å². The van der Waals surface area contributed by atoms with Gasteiger partial charge in [0.1, 0.15) is 0 Å². The minimum Gasteiger partial charge on any atom is -0.359 e. The standard InChI is InChI=1S/C14H28N4O3S.HI/c1-13(2,11(19)15-5)9-17-12(16-6)18-7-8-22(20,21)14(3,4)10-18;/h7-10H2,1-6H3,(H,15,19)(H,16,17);1H. The van der Waals surface area contributed by atoms with Gasteiger partial charge < -0.3 is 15.5 Å². The maximum absolute atomic E-state index is 12.1. The van der Waals surface area contributed by atoms with Crippen molar-refractivity contribution in [2.75, 3.05) is 39.5 Å². The molecule has 0 aromatic carbocycles. The summed E-state index contributed by atoms with van der Waals surface area (Å²) in [4.78, 5) is 18.0. The van der Waals surface area contributed by atoms with Crippen LogP contribution in [0.25, 0.3) is 0 Å². The Balaban J connectivity index is 0.00000484. The van der Waals surface area contributed by atoms with Crippen molar-refractivity contribution in [3.05, 3.63) is 0 Å². The topological polar surface area (TPSA) is 90.9 Å². The Morgan fingerprint density at radius 1 is 1.35 bits per heavy atom. The van der Waals surface area contributed by atoms with Crippen molar-refractivity contribution in [2.24, 2.45) is 10.4 Å². The van der Waals surface area contributed by atoms with E-state index in [4.69, 9.17) is 0 Å². The minimum atomic E-state index is -3.08. The summed E-state index contributed by atoms with van der Waals surface area (Å²) in [6, 6.07) is 0. The molecular weight excluding hydrogens is 431 g/mol. The summed E-state index contributed by atoms with van der Waals surface area (Å²) in [7, 11) is 0.181. The van der Waals surface area contributed by atoms with Crippen molar-refractivity contribution < 1.29 is 13.2 Å². The second-order valence-corrected chi connectivity index (χ2v) is 9.61. The van der Waals surface area contributed by atoms with E-state index in [1.807, 2.05) is 18.7 Å². The fourth-order valence-electron chi connectivity index (χ4n) is 2.38. The highest BCUT2D eigenvalue weighted by Gasteiger charge is 2.41. The molecule has 0 radical (unpaired) electrons. The van der Waals surface area contributed by atoms with Gasteiger partial charge in [-0.3, -0.25) is 9.79 Å². The third-order valence-electron chi connectivity index (χ3n) is 4.09. The molecule has 1 saturated heterocycles. The zero-order valence-corrected chi connectivity index (χ0v) is 17.9. The van der Waals surface area contributed by atoms with Crippen molar-refractivity contribution in [1.29, 1.82) is 0 Å². The maximum Gasteiger partial charge on any atom is 0.227 e. The van der Waals surface area contributed by atoms with Crippen LogP contribution in [-0.4, -0.2) is 69.4 Å². The van der Waals surface area contributed by atoms with Gasteiger partial charge in [0.2, 0.25) is 5.91 Å². The number of carbonyl (C=O) groups is 1. The first-order valence-electron chi connectivity index (χ1n) is 7.37. The Hall–Kier alpha value is -0.580. The van der Waals surface area contributed by atoms with Gasteiger partial charge in [0.05, 0.1) is 15.9 Å². The number of aliphatic imine (C=N–C) groups is 1. The average Bonchev–Trinajstić information content (AvgIpc) is 2.42. The quantitative estimate of drug-likeness (QED) is 0.363. The molecule has 0 aliphatic carbocycles. The van der Waals surface area contributed by atoms with Crippen LogP contribution in [0, 0.1) is 5.41 Å². The number of rotatable bonds is 3. The van der Waals surface area contributed by atoms with Crippen molar-refractivity contribution in [3.8, 4) is 0 Å². The van der Waals surface area contributed by atoms with E-state index in [2.05, 4.69) is 15.6 Å². The van der Waals surface area contributed by atoms with E-state index in [0.717, 1.165) is 0 Å². The summed E-state index contributed by atoms with van der Waals surface area (Å²) in [5.41, 5.74) is -0.581. The van der Waals surface area contributed by atoms with Crippen LogP contribution < -0.4 is 10.6 Å². The Morgan fingerprint density at radius 2 is 1.91 bits per heavy atom. The van der Waals surface area contributed by atoms with E-state index in [0.29, 0.717) is 25.6 Å². The number of nitrogens with zero attached hydrogens (tertiary/aromatic N) is 2. The normalized spacial score (nSPS) is 20.4. The molecule has 1 amide bonds. The molecular formula is C14H29IN4O3S. The van der Waals surface area contributed by atoms with Crippen LogP contribution >= 0.6 is 24.0 Å². The number of sulfone groups is 1. The minimum absolute atomic E-state index is 0. The fourth-order valence-corrected chi connectivity index (χ4v) is 3.74. The van der Waals surface area contributed by atoms with Crippen molar-refractivity contribution in [2.45, 2.75) is 32.4 Å². The predicted octanol–water partition coefficient (Wildman–Crippen LogP) is 0.461. The number of hydrogen-bond acceptors (Lipinski definition) is 4. The van der Waals surface area contributed by atoms with Gasteiger partial charge in [-0.2, -0.15) is 0 Å². The van der Waals surface area contributed by atoms with Gasteiger partial charge in [0.15, 0.2) is 15.8 Å². The van der Waals surface area contributed by atoms with Crippen LogP contribution in [-0.2, 0) is 14.6 Å². The number of guanidine groups is 1. The average molecular weight is 460 g/mol. The van der Waals surface area contributed by atoms with E-state index in [-0.39, 0.29) is 35.6 Å². The van der Waals surface area contributed by atoms with Crippen LogP contribution in [0.2, 0.25) is 0 Å². The summed E-state index contributed by atoms with van der Waals surface area (Å²) in [6.07, 6.45) is 0. The summed E-state index contributed by atoms with van der Waals surface area (Å²) >= 11 is 0. The number of hydrogen-bond donors (Lipinski definition) is 2. The van der Waals surface area contributed by atoms with Gasteiger partial charge in [-0.05, 0) is 27.7 Å². The number of nitrogens with one attached hydrogen (secondary N) is 2. The zero-order chi connectivity index (χ0) is 17.2. The highest BCUT2D eigenvalue weighted by Crippen LogP contribution is 2.24. The van der Waals surface area contributed by atoms with E-state index < -0.39 is 20.0 Å². The van der Waals surface area contributed by atoms with Gasteiger partial charge in [-0.1, -0.05) is 0 Å². The monoisotopic (exact) mass is 460 g/mol. The van der Waals surface area contributed by atoms with E-state index in [1.165, 1.54) is 0 Å². The molecule has 0 spiro atoms. The van der Waals surface area contributed by atoms with E-state index >= 15 is 0 Å². The second kappa shape index (κ2) is 8.00. The van der Waals surface area contributed by atoms with Crippen LogP contribution in [0.5, 0.6) is 0 Å². The lowest BCUT2D eigenvalue weighted by atomic mass is 9.92. The molecule has 1 heterocycles. The molecule has 0 aromatic rings. The number of amides is 1. The van der Waals surface area contributed by atoms with Gasteiger partial charge in [0.25, 0.3) is 0 Å². The highest BCUT2D eigenvalue weighted by molar-refractivity contribution is 14.0. The molecule has 1 aliphatic rings.